The molecule has 0 bridgehead atoms. The van der Waals surface area contributed by atoms with E-state index >= 15 is 0 Å². The molecule has 2 aromatic carbocycles. The van der Waals surface area contributed by atoms with Crippen molar-refractivity contribution in [2.75, 3.05) is 0 Å². The van der Waals surface area contributed by atoms with Gasteiger partial charge in [-0.3, -0.25) is 0 Å². The minimum Gasteiger partial charge on any atom is -0.0952 e. The van der Waals surface area contributed by atoms with Crippen LogP contribution in [0.2, 0.25) is 0 Å². The van der Waals surface area contributed by atoms with Crippen molar-refractivity contribution in [3.8, 4) is 0 Å². The van der Waals surface area contributed by atoms with Crippen LogP contribution in [0.25, 0.3) is 5.57 Å². The number of allylic oxidation sites excluding steroid dienone is 6. The summed E-state index contributed by atoms with van der Waals surface area (Å²) in [5.74, 6) is 1.01. The van der Waals surface area contributed by atoms with Gasteiger partial charge in [-0.25, -0.2) is 0 Å². The topological polar surface area (TPSA) is 0 Å². The van der Waals surface area contributed by atoms with Crippen LogP contribution in [0.4, 0.5) is 0 Å². The molecular formula is C27H28. The first-order chi connectivity index (χ1) is 13.0. The summed E-state index contributed by atoms with van der Waals surface area (Å²) in [6.07, 6.45) is 5.94. The van der Waals surface area contributed by atoms with Crippen LogP contribution in [0.1, 0.15) is 36.5 Å². The van der Waals surface area contributed by atoms with Gasteiger partial charge in [-0.2, -0.15) is 0 Å². The number of fused-ring (bicyclic) bond motifs is 1. The number of aryl methyl sites for hydroxylation is 1. The Bertz CT molecular complexity index is 953. The molecule has 0 radical (unpaired) electrons. The number of hydrogen-bond acceptors (Lipinski definition) is 0. The molecule has 0 aliphatic heterocycles. The van der Waals surface area contributed by atoms with Crippen LogP contribution in [0.5, 0.6) is 0 Å². The van der Waals surface area contributed by atoms with Crippen molar-refractivity contribution in [3.63, 3.8) is 0 Å². The van der Waals surface area contributed by atoms with Crippen LogP contribution in [0, 0.1) is 18.8 Å². The van der Waals surface area contributed by atoms with Crippen molar-refractivity contribution in [2.45, 2.75) is 33.1 Å². The number of hydrogen-bond donors (Lipinski definition) is 0. The molecular weight excluding hydrogens is 324 g/mol. The average molecular weight is 353 g/mol. The first-order valence-corrected chi connectivity index (χ1v) is 9.97. The highest BCUT2D eigenvalue weighted by molar-refractivity contribution is 5.86. The summed E-state index contributed by atoms with van der Waals surface area (Å²) >= 11 is 0. The molecule has 2 unspecified atom stereocenters. The van der Waals surface area contributed by atoms with Gasteiger partial charge in [-0.05, 0) is 78.0 Å². The molecule has 136 valence electrons. The van der Waals surface area contributed by atoms with Gasteiger partial charge in [0, 0.05) is 5.92 Å². The second-order valence-electron chi connectivity index (χ2n) is 8.06. The van der Waals surface area contributed by atoms with E-state index in [1.54, 1.807) is 0 Å². The van der Waals surface area contributed by atoms with Gasteiger partial charge in [0.15, 0.2) is 0 Å². The molecule has 0 spiro atoms. The van der Waals surface area contributed by atoms with Crippen LogP contribution in [0.3, 0.4) is 0 Å². The Kier molecular flexibility index (Phi) is 4.74. The first-order valence-electron chi connectivity index (χ1n) is 9.97. The molecule has 1 saturated carbocycles. The van der Waals surface area contributed by atoms with Crippen LogP contribution >= 0.6 is 0 Å². The summed E-state index contributed by atoms with van der Waals surface area (Å²) in [6, 6.07) is 19.6. The fraction of sp³-hybridized carbons (Fsp3) is 0.259. The molecule has 0 saturated heterocycles. The summed E-state index contributed by atoms with van der Waals surface area (Å²) in [5, 5.41) is 0. The maximum Gasteiger partial charge on any atom is 0.00330 e. The molecule has 0 N–H and O–H groups in total. The van der Waals surface area contributed by atoms with Crippen molar-refractivity contribution in [2.24, 2.45) is 11.8 Å². The Morgan fingerprint density at radius 3 is 2.44 bits per heavy atom. The van der Waals surface area contributed by atoms with Gasteiger partial charge in [0.2, 0.25) is 0 Å². The van der Waals surface area contributed by atoms with E-state index in [0.717, 1.165) is 12.0 Å². The lowest BCUT2D eigenvalue weighted by Gasteiger charge is -2.37. The molecule has 0 heterocycles. The highest BCUT2D eigenvalue weighted by Gasteiger charge is 2.33. The van der Waals surface area contributed by atoms with E-state index < -0.39 is 0 Å². The zero-order valence-electron chi connectivity index (χ0n) is 16.5. The van der Waals surface area contributed by atoms with Crippen LogP contribution in [-0.2, 0) is 6.42 Å². The first kappa shape index (κ1) is 17.8. The predicted octanol–water partition coefficient (Wildman–Crippen LogP) is 7.09. The molecule has 0 aromatic heterocycles. The van der Waals surface area contributed by atoms with Crippen molar-refractivity contribution < 1.29 is 0 Å². The van der Waals surface area contributed by atoms with Crippen LogP contribution in [0.15, 0.2) is 96.1 Å². The van der Waals surface area contributed by atoms with Crippen LogP contribution < -0.4 is 0 Å². The van der Waals surface area contributed by atoms with Gasteiger partial charge in [-0.15, -0.1) is 0 Å². The Balaban J connectivity index is 1.62. The zero-order chi connectivity index (χ0) is 19.0. The Morgan fingerprint density at radius 1 is 0.926 bits per heavy atom. The molecule has 0 heteroatoms. The maximum absolute atomic E-state index is 4.55. The van der Waals surface area contributed by atoms with Gasteiger partial charge in [0.1, 0.15) is 0 Å². The van der Waals surface area contributed by atoms with Gasteiger partial charge in [0.05, 0.1) is 0 Å². The number of benzene rings is 2. The molecule has 0 nitrogen and oxygen atoms in total. The summed E-state index contributed by atoms with van der Waals surface area (Å²) in [5.41, 5.74) is 10.6. The zero-order valence-corrected chi connectivity index (χ0v) is 16.5. The molecule has 4 rings (SSSR count). The smallest absolute Gasteiger partial charge is 0.00330 e. The summed E-state index contributed by atoms with van der Waals surface area (Å²) in [6.45, 7) is 13.4. The Morgan fingerprint density at radius 2 is 1.70 bits per heavy atom. The normalized spacial score (nSPS) is 22.5. The molecule has 2 aliphatic rings. The second kappa shape index (κ2) is 7.19. The SMILES string of the molecule is C=C1C(c2ccccc2)=CC2CCC(Cc3cccc(C)c3)C(=C)C2=C1C. The summed E-state index contributed by atoms with van der Waals surface area (Å²) in [4.78, 5) is 0. The minimum absolute atomic E-state index is 0.479. The van der Waals surface area contributed by atoms with E-state index in [1.165, 1.54) is 51.8 Å². The van der Waals surface area contributed by atoms with Crippen molar-refractivity contribution in [1.29, 1.82) is 0 Å². The quantitative estimate of drug-likeness (QED) is 0.553. The predicted molar refractivity (Wildman–Crippen MR) is 116 cm³/mol. The van der Waals surface area contributed by atoms with Crippen molar-refractivity contribution >= 4 is 5.57 Å². The van der Waals surface area contributed by atoms with Gasteiger partial charge in [-0.1, -0.05) is 79.4 Å². The summed E-state index contributed by atoms with van der Waals surface area (Å²) in [7, 11) is 0. The third-order valence-corrected chi connectivity index (χ3v) is 6.23. The van der Waals surface area contributed by atoms with Crippen LogP contribution in [-0.4, -0.2) is 0 Å². The molecule has 27 heavy (non-hydrogen) atoms. The third kappa shape index (κ3) is 3.37. The molecule has 0 amide bonds. The van der Waals surface area contributed by atoms with Gasteiger partial charge in [0.25, 0.3) is 0 Å². The standard InChI is InChI=1S/C27H28/c1-18-9-8-10-22(15-18)16-24-13-14-25-17-26(23-11-6-5-7-12-23)19(2)20(3)27(25)21(24)4/h5-12,15,17,24-25H,2,4,13-14,16H2,1,3H3. The van der Waals surface area contributed by atoms with E-state index in [0.29, 0.717) is 11.8 Å². The maximum atomic E-state index is 4.55. The van der Waals surface area contributed by atoms with E-state index in [-0.39, 0.29) is 0 Å². The summed E-state index contributed by atoms with van der Waals surface area (Å²) < 4.78 is 0. The lowest BCUT2D eigenvalue weighted by Crippen LogP contribution is -2.24. The minimum atomic E-state index is 0.479. The molecule has 2 aliphatic carbocycles. The highest BCUT2D eigenvalue weighted by Crippen LogP contribution is 2.47. The fourth-order valence-corrected chi connectivity index (χ4v) is 4.75. The monoisotopic (exact) mass is 352 g/mol. The van der Waals surface area contributed by atoms with E-state index in [1.807, 2.05) is 0 Å². The molecule has 2 atom stereocenters. The fourth-order valence-electron chi connectivity index (χ4n) is 4.75. The van der Waals surface area contributed by atoms with E-state index in [2.05, 4.69) is 87.7 Å². The van der Waals surface area contributed by atoms with Crippen molar-refractivity contribution in [3.05, 3.63) is 113 Å². The number of rotatable bonds is 3. The van der Waals surface area contributed by atoms with Crippen molar-refractivity contribution in [1.82, 2.24) is 0 Å². The van der Waals surface area contributed by atoms with E-state index in [9.17, 15) is 0 Å². The van der Waals surface area contributed by atoms with Gasteiger partial charge < -0.3 is 0 Å². The Labute approximate surface area is 163 Å². The Hall–Kier alpha value is -2.60. The van der Waals surface area contributed by atoms with E-state index in [4.69, 9.17) is 0 Å². The molecule has 1 fully saturated rings. The lowest BCUT2D eigenvalue weighted by atomic mass is 9.67. The lowest BCUT2D eigenvalue weighted by molar-refractivity contribution is 0.451. The van der Waals surface area contributed by atoms with Gasteiger partial charge >= 0.3 is 0 Å². The third-order valence-electron chi connectivity index (χ3n) is 6.23. The second-order valence-corrected chi connectivity index (χ2v) is 8.06. The highest BCUT2D eigenvalue weighted by atomic mass is 14.4. The average Bonchev–Trinajstić information content (AvgIpc) is 2.67. The largest absolute Gasteiger partial charge is 0.0952 e. The molecule has 2 aromatic rings.